The minimum atomic E-state index is 0. The molecule has 0 aliphatic carbocycles. The standard InChI is InChI=1S/C7H6.CH.W.Y/c1-7-5-3-2-4-6-7;;;/h2-5H,1H2;1H;;/q-2;-1;;. The maximum atomic E-state index is 4.58. The van der Waals surface area contributed by atoms with Crippen molar-refractivity contribution < 1.29 is 52.1 Å². The van der Waals surface area contributed by atoms with Gasteiger partial charge >= 0.3 is 24.3 Å². The molecule has 1 radical (unpaired) electrons. The molecule has 0 amide bonds. The normalized spacial score (nSPS) is 6.40. The fraction of sp³-hybridized carbons (Fsp3) is 0. The zero-order chi connectivity index (χ0) is 7.11. The molecule has 0 heterocycles. The molecule has 0 atom stereocenters. The van der Waals surface area contributed by atoms with Gasteiger partial charge in [-0.25, -0.2) is 0 Å². The van der Waals surface area contributed by atoms with Crippen molar-refractivity contribution in [2.45, 2.75) is 0 Å². The third kappa shape index (κ3) is 6.87. The van der Waals surface area contributed by atoms with Crippen molar-refractivity contribution in [3.63, 3.8) is 0 Å². The van der Waals surface area contributed by atoms with Gasteiger partial charge in [0.15, 0.2) is 0 Å². The molecular formula is C8H7WY-3. The summed E-state index contributed by atoms with van der Waals surface area (Å²) in [6.07, 6.45) is 0. The molecule has 0 fully saturated rings. The van der Waals surface area contributed by atoms with E-state index in [2.05, 4.69) is 17.9 Å². The van der Waals surface area contributed by atoms with Crippen LogP contribution in [0.4, 0.5) is 0 Å². The molecule has 51 valence electrons. The maximum absolute atomic E-state index is 4.58. The first-order chi connectivity index (χ1) is 4.39. The van der Waals surface area contributed by atoms with E-state index in [9.17, 15) is 0 Å². The Bertz CT molecular complexity index is 151. The Labute approximate surface area is 98.7 Å². The van der Waals surface area contributed by atoms with E-state index >= 15 is 0 Å². The molecule has 0 spiro atoms. The first kappa shape index (κ1) is 13.3. The Morgan fingerprint density at radius 1 is 1.40 bits per heavy atom. The van der Waals surface area contributed by atoms with Gasteiger partial charge in [-0.2, -0.15) is 12.1 Å². The van der Waals surface area contributed by atoms with Crippen LogP contribution in [-0.4, -0.2) is 4.90 Å². The van der Waals surface area contributed by atoms with E-state index in [1.807, 2.05) is 24.3 Å². The van der Waals surface area contributed by atoms with Gasteiger partial charge in [-0.05, 0) is 0 Å². The van der Waals surface area contributed by atoms with Crippen molar-refractivity contribution in [2.24, 2.45) is 0 Å². The van der Waals surface area contributed by atoms with Gasteiger partial charge in [-0.3, -0.25) is 6.07 Å². The average Bonchev–Trinajstić information content (AvgIpc) is 1.94. The molecule has 0 aliphatic heterocycles. The Morgan fingerprint density at radius 3 is 2.20 bits per heavy atom. The van der Waals surface area contributed by atoms with Crippen LogP contribution in [0.3, 0.4) is 0 Å². The van der Waals surface area contributed by atoms with E-state index in [4.69, 9.17) is 0 Å². The van der Waals surface area contributed by atoms with Crippen LogP contribution in [0, 0.1) is 13.0 Å². The summed E-state index contributed by atoms with van der Waals surface area (Å²) in [5, 5.41) is 0. The van der Waals surface area contributed by atoms with Crippen molar-refractivity contribution >= 4 is 4.90 Å². The first-order valence-electron chi connectivity index (χ1n) is 2.42. The molecule has 0 aromatic heterocycles. The predicted octanol–water partition coefficient (Wildman–Crippen LogP) is 1.51. The van der Waals surface area contributed by atoms with E-state index in [1.54, 1.807) is 0 Å². The largest absolute Gasteiger partial charge is 0.374 e. The minimum Gasteiger partial charge on any atom is -0.374 e. The molecule has 0 N–H and O–H groups in total. The first-order valence-corrected chi connectivity index (χ1v) is 4.11. The molecule has 0 saturated carbocycles. The van der Waals surface area contributed by atoms with Crippen molar-refractivity contribution in [3.05, 3.63) is 42.8 Å². The van der Waals surface area contributed by atoms with Crippen molar-refractivity contribution in [2.75, 3.05) is 0 Å². The fourth-order valence-electron chi connectivity index (χ4n) is 0.431. The van der Waals surface area contributed by atoms with Crippen LogP contribution in [0.5, 0.6) is 0 Å². The second kappa shape index (κ2) is 9.75. The molecule has 0 saturated heterocycles. The van der Waals surface area contributed by atoms with Crippen molar-refractivity contribution in [1.29, 1.82) is 0 Å². The van der Waals surface area contributed by atoms with E-state index in [1.165, 1.54) is 0 Å². The van der Waals surface area contributed by atoms with Gasteiger partial charge < -0.3 is 18.6 Å². The molecule has 10 heavy (non-hydrogen) atoms. The number of benzene rings is 1. The van der Waals surface area contributed by atoms with Gasteiger partial charge in [-0.1, -0.05) is 0 Å². The number of hydrogen-bond donors (Lipinski definition) is 0. The smallest absolute Gasteiger partial charge is 0 e. The summed E-state index contributed by atoms with van der Waals surface area (Å²) in [6, 6.07) is 10.6. The Balaban J connectivity index is 0. The van der Waals surface area contributed by atoms with E-state index in [0.717, 1.165) is 24.9 Å². The molecule has 0 unspecified atom stereocenters. The van der Waals surface area contributed by atoms with Crippen molar-refractivity contribution in [1.82, 2.24) is 0 Å². The SMILES string of the molecule is [CH-]=[W].[CH2-]c1[c-]cccc1.[Y]. The number of hydrogen-bond acceptors (Lipinski definition) is 0. The third-order valence-corrected chi connectivity index (χ3v) is 0.773. The topological polar surface area (TPSA) is 0 Å². The van der Waals surface area contributed by atoms with Gasteiger partial charge in [0.05, 0.1) is 0 Å². The zero-order valence-electron chi connectivity index (χ0n) is 5.58. The van der Waals surface area contributed by atoms with Crippen LogP contribution in [-0.2, 0) is 52.1 Å². The van der Waals surface area contributed by atoms with Crippen LogP contribution >= 0.6 is 0 Å². The second-order valence-corrected chi connectivity index (χ2v) is 1.39. The average molecular weight is 376 g/mol. The van der Waals surface area contributed by atoms with E-state index < -0.39 is 0 Å². The van der Waals surface area contributed by atoms with Crippen LogP contribution in [0.1, 0.15) is 5.56 Å². The summed E-state index contributed by atoms with van der Waals surface area (Å²) in [6.45, 7) is 3.66. The molecule has 2 heteroatoms. The van der Waals surface area contributed by atoms with Gasteiger partial charge in [0.25, 0.3) is 0 Å². The van der Waals surface area contributed by atoms with Crippen LogP contribution < -0.4 is 0 Å². The van der Waals surface area contributed by atoms with Crippen LogP contribution in [0.25, 0.3) is 0 Å². The molecule has 0 aliphatic rings. The fourth-order valence-corrected chi connectivity index (χ4v) is 0.431. The van der Waals surface area contributed by atoms with Crippen LogP contribution in [0.2, 0.25) is 0 Å². The maximum Gasteiger partial charge on any atom is 0 e. The quantitative estimate of drug-likeness (QED) is 0.603. The summed E-state index contributed by atoms with van der Waals surface area (Å²) >= 11 is 1.08. The third-order valence-electron chi connectivity index (χ3n) is 0.773. The van der Waals surface area contributed by atoms with Gasteiger partial charge in [0.1, 0.15) is 0 Å². The van der Waals surface area contributed by atoms with Crippen LogP contribution in [0.15, 0.2) is 24.3 Å². The second-order valence-electron chi connectivity index (χ2n) is 1.39. The summed E-state index contributed by atoms with van der Waals surface area (Å²) in [5.41, 5.74) is 0.947. The van der Waals surface area contributed by atoms with Crippen molar-refractivity contribution in [3.8, 4) is 0 Å². The van der Waals surface area contributed by atoms with Gasteiger partial charge in [-0.15, -0.1) is 6.07 Å². The molecule has 0 nitrogen and oxygen atoms in total. The molecule has 1 aromatic carbocycles. The summed E-state index contributed by atoms with van der Waals surface area (Å²) in [4.78, 5) is 4.58. The summed E-state index contributed by atoms with van der Waals surface area (Å²) < 4.78 is 0. The predicted molar refractivity (Wildman–Crippen MR) is 35.8 cm³/mol. The minimum absolute atomic E-state index is 0. The Hall–Kier alpha value is 0.752. The monoisotopic (exact) mass is 376 g/mol. The van der Waals surface area contributed by atoms with E-state index in [-0.39, 0.29) is 32.7 Å². The summed E-state index contributed by atoms with van der Waals surface area (Å²) in [5.74, 6) is 0. The van der Waals surface area contributed by atoms with Gasteiger partial charge in [0, 0.05) is 32.7 Å². The van der Waals surface area contributed by atoms with E-state index in [0.29, 0.717) is 0 Å². The molecular weight excluding hydrogens is 369 g/mol. The molecule has 1 rings (SSSR count). The zero-order valence-corrected chi connectivity index (χ0v) is 11.4. The van der Waals surface area contributed by atoms with Gasteiger partial charge in [0.2, 0.25) is 0 Å². The Morgan fingerprint density at radius 2 is 2.00 bits per heavy atom. The number of rotatable bonds is 0. The Kier molecular flexibility index (Phi) is 13.0. The molecule has 0 bridgehead atoms. The summed E-state index contributed by atoms with van der Waals surface area (Å²) in [7, 11) is 0. The molecule has 1 aromatic rings.